The maximum atomic E-state index is 4.66. The highest BCUT2D eigenvalue weighted by Gasteiger charge is 2.07. The highest BCUT2D eigenvalue weighted by atomic mass is 14.9. The zero-order chi connectivity index (χ0) is 17.0. The number of hydrogen-bond acceptors (Lipinski definition) is 2. The summed E-state index contributed by atoms with van der Waals surface area (Å²) in [5.41, 5.74) is 3.95. The molecule has 0 bridgehead atoms. The number of allylic oxidation sites excluding steroid dienone is 9. The van der Waals surface area contributed by atoms with Gasteiger partial charge in [0.1, 0.15) is 0 Å². The minimum absolute atomic E-state index is 0.724. The van der Waals surface area contributed by atoms with E-state index in [2.05, 4.69) is 28.7 Å². The molecule has 0 aliphatic heterocycles. The van der Waals surface area contributed by atoms with Crippen molar-refractivity contribution in [2.75, 3.05) is 0 Å². The van der Waals surface area contributed by atoms with E-state index in [-0.39, 0.29) is 0 Å². The predicted octanol–water partition coefficient (Wildman–Crippen LogP) is 5.94. The fraction of sp³-hybridized carbons (Fsp3) is 0.300. The summed E-state index contributed by atoms with van der Waals surface area (Å²) in [6.45, 7) is 15.7. The van der Waals surface area contributed by atoms with Crippen LogP contribution in [-0.4, -0.2) is 9.97 Å². The first kappa shape index (κ1) is 19.8. The lowest BCUT2D eigenvalue weighted by molar-refractivity contribution is 1.05. The monoisotopic (exact) mass is 296 g/mol. The summed E-state index contributed by atoms with van der Waals surface area (Å²) in [6, 6.07) is 2.00. The van der Waals surface area contributed by atoms with Crippen molar-refractivity contribution >= 4 is 11.1 Å². The summed E-state index contributed by atoms with van der Waals surface area (Å²) in [6.07, 6.45) is 13.8. The van der Waals surface area contributed by atoms with Gasteiger partial charge in [0.15, 0.2) is 5.82 Å². The third-order valence-electron chi connectivity index (χ3n) is 2.71. The largest absolute Gasteiger partial charge is 0.233 e. The van der Waals surface area contributed by atoms with Crippen molar-refractivity contribution in [1.29, 1.82) is 0 Å². The lowest BCUT2D eigenvalue weighted by atomic mass is 10.1. The van der Waals surface area contributed by atoms with Crippen LogP contribution in [0.1, 0.15) is 51.8 Å². The van der Waals surface area contributed by atoms with Gasteiger partial charge in [-0.05, 0) is 39.3 Å². The maximum absolute atomic E-state index is 4.66. The van der Waals surface area contributed by atoms with E-state index in [0.29, 0.717) is 0 Å². The number of nitrogens with zero attached hydrogens (tertiary/aromatic N) is 2. The molecule has 0 N–H and O–H groups in total. The summed E-state index contributed by atoms with van der Waals surface area (Å²) in [5.74, 6) is 0.724. The molecule has 0 amide bonds. The minimum Gasteiger partial charge on any atom is -0.233 e. The first-order valence-corrected chi connectivity index (χ1v) is 7.77. The lowest BCUT2D eigenvalue weighted by Gasteiger charge is -2.07. The van der Waals surface area contributed by atoms with Gasteiger partial charge in [0.05, 0.1) is 5.69 Å². The topological polar surface area (TPSA) is 25.8 Å². The summed E-state index contributed by atoms with van der Waals surface area (Å²) >= 11 is 0. The average molecular weight is 296 g/mol. The van der Waals surface area contributed by atoms with Crippen molar-refractivity contribution < 1.29 is 0 Å². The van der Waals surface area contributed by atoms with Gasteiger partial charge in [0, 0.05) is 11.3 Å². The molecule has 1 heterocycles. The van der Waals surface area contributed by atoms with E-state index in [9.17, 15) is 0 Å². The van der Waals surface area contributed by atoms with E-state index < -0.39 is 0 Å². The first-order valence-electron chi connectivity index (χ1n) is 7.77. The second-order valence-electron chi connectivity index (χ2n) is 4.32. The maximum Gasteiger partial charge on any atom is 0.159 e. The lowest BCUT2D eigenvalue weighted by Crippen LogP contribution is -1.99. The van der Waals surface area contributed by atoms with Crippen molar-refractivity contribution in [2.24, 2.45) is 0 Å². The zero-order valence-corrected chi connectivity index (χ0v) is 14.7. The minimum atomic E-state index is 0.724. The van der Waals surface area contributed by atoms with Crippen LogP contribution in [0.25, 0.3) is 11.1 Å². The Morgan fingerprint density at radius 1 is 1.00 bits per heavy atom. The normalized spacial score (nSPS) is 12.5. The molecule has 0 radical (unpaired) electrons. The van der Waals surface area contributed by atoms with E-state index in [1.165, 1.54) is 0 Å². The van der Waals surface area contributed by atoms with Crippen LogP contribution in [0.3, 0.4) is 0 Å². The third kappa shape index (κ3) is 6.04. The smallest absolute Gasteiger partial charge is 0.159 e. The Labute approximate surface area is 135 Å². The second-order valence-corrected chi connectivity index (χ2v) is 4.32. The summed E-state index contributed by atoms with van der Waals surface area (Å²) in [7, 11) is 0. The van der Waals surface area contributed by atoms with Crippen LogP contribution in [0.2, 0.25) is 0 Å². The van der Waals surface area contributed by atoms with Crippen molar-refractivity contribution in [3.8, 4) is 0 Å². The van der Waals surface area contributed by atoms with Crippen LogP contribution in [0.5, 0.6) is 0 Å². The number of rotatable bonds is 5. The molecular formula is C20H28N2. The second kappa shape index (κ2) is 11.4. The summed E-state index contributed by atoms with van der Waals surface area (Å²) in [5, 5.41) is 0. The average Bonchev–Trinajstić information content (AvgIpc) is 2.53. The van der Waals surface area contributed by atoms with Gasteiger partial charge in [-0.25, -0.2) is 9.97 Å². The molecule has 2 nitrogen and oxygen atoms in total. The number of aryl methyl sites for hydroxylation is 1. The van der Waals surface area contributed by atoms with Gasteiger partial charge < -0.3 is 0 Å². The van der Waals surface area contributed by atoms with E-state index in [1.54, 1.807) is 6.08 Å². The van der Waals surface area contributed by atoms with E-state index >= 15 is 0 Å². The Bertz CT molecular complexity index is 588. The standard InChI is InChI=1S/C18H22N2.C2H6/c1-6-10-15(9-4)17-13-14(5)19-18(20-17)16(11-7-2)12-8-3;1-2/h6-13H,2H2,1,3-5H3;1-2H3/b10-6-,12-8-,15-9+,16-11+;. The zero-order valence-electron chi connectivity index (χ0n) is 14.7. The molecule has 0 aromatic carbocycles. The quantitative estimate of drug-likeness (QED) is 0.629. The van der Waals surface area contributed by atoms with Gasteiger partial charge >= 0.3 is 0 Å². The number of hydrogen-bond donors (Lipinski definition) is 0. The molecule has 1 aromatic heterocycles. The Balaban J connectivity index is 0.00000211. The van der Waals surface area contributed by atoms with Crippen molar-refractivity contribution in [3.63, 3.8) is 0 Å². The highest BCUT2D eigenvalue weighted by molar-refractivity contribution is 5.75. The fourth-order valence-electron chi connectivity index (χ4n) is 1.87. The Morgan fingerprint density at radius 2 is 1.59 bits per heavy atom. The van der Waals surface area contributed by atoms with Gasteiger partial charge in [0.25, 0.3) is 0 Å². The number of aromatic nitrogens is 2. The van der Waals surface area contributed by atoms with Gasteiger partial charge in [-0.1, -0.05) is 63.0 Å². The predicted molar refractivity (Wildman–Crippen MR) is 99.6 cm³/mol. The molecule has 0 saturated heterocycles. The molecule has 118 valence electrons. The Kier molecular flexibility index (Phi) is 10.3. The van der Waals surface area contributed by atoms with E-state index in [4.69, 9.17) is 0 Å². The summed E-state index contributed by atoms with van der Waals surface area (Å²) < 4.78 is 0. The van der Waals surface area contributed by atoms with Crippen molar-refractivity contribution in [3.05, 3.63) is 72.4 Å². The SMILES string of the molecule is C=C/C=C(\C=C/C)c1nc(C)cc(C(/C=C\C)=C/C)n1.CC. The molecular weight excluding hydrogens is 268 g/mol. The van der Waals surface area contributed by atoms with Crippen LogP contribution in [0, 0.1) is 6.92 Å². The Morgan fingerprint density at radius 3 is 2.09 bits per heavy atom. The molecule has 0 unspecified atom stereocenters. The molecule has 0 aliphatic rings. The van der Waals surface area contributed by atoms with Crippen LogP contribution in [0.4, 0.5) is 0 Å². The summed E-state index contributed by atoms with van der Waals surface area (Å²) in [4.78, 5) is 9.18. The van der Waals surface area contributed by atoms with E-state index in [1.807, 2.05) is 71.9 Å². The van der Waals surface area contributed by atoms with Crippen LogP contribution < -0.4 is 0 Å². The molecule has 1 rings (SSSR count). The third-order valence-corrected chi connectivity index (χ3v) is 2.71. The molecule has 0 atom stereocenters. The van der Waals surface area contributed by atoms with Gasteiger partial charge in [-0.3, -0.25) is 0 Å². The highest BCUT2D eigenvalue weighted by Crippen LogP contribution is 2.19. The molecule has 22 heavy (non-hydrogen) atoms. The fourth-order valence-corrected chi connectivity index (χ4v) is 1.87. The van der Waals surface area contributed by atoms with Crippen LogP contribution in [-0.2, 0) is 0 Å². The van der Waals surface area contributed by atoms with Gasteiger partial charge in [-0.15, -0.1) is 0 Å². The Hall–Kier alpha value is -2.22. The molecule has 0 saturated carbocycles. The van der Waals surface area contributed by atoms with Crippen molar-refractivity contribution in [2.45, 2.75) is 41.5 Å². The molecule has 0 aliphatic carbocycles. The van der Waals surface area contributed by atoms with Gasteiger partial charge in [0.2, 0.25) is 0 Å². The van der Waals surface area contributed by atoms with Crippen molar-refractivity contribution in [1.82, 2.24) is 9.97 Å². The molecule has 1 aromatic rings. The van der Waals surface area contributed by atoms with Gasteiger partial charge in [-0.2, -0.15) is 0 Å². The van der Waals surface area contributed by atoms with Crippen LogP contribution in [0.15, 0.2) is 55.2 Å². The molecule has 0 fully saturated rings. The first-order chi connectivity index (χ1) is 10.7. The molecule has 0 spiro atoms. The van der Waals surface area contributed by atoms with E-state index in [0.717, 1.165) is 28.4 Å². The molecule has 2 heteroatoms. The van der Waals surface area contributed by atoms with Crippen LogP contribution >= 0.6 is 0 Å².